The number of rotatable bonds is 3. The van der Waals surface area contributed by atoms with E-state index in [9.17, 15) is 9.90 Å². The van der Waals surface area contributed by atoms with Crippen molar-refractivity contribution >= 4 is 5.91 Å². The first-order valence-electron chi connectivity index (χ1n) is 2.63. The molecule has 1 radical (unpaired) electrons. The third-order valence-corrected chi connectivity index (χ3v) is 0.868. The highest BCUT2D eigenvalue weighted by molar-refractivity contribution is 5.78. The third-order valence-electron chi connectivity index (χ3n) is 0.868. The van der Waals surface area contributed by atoms with E-state index < -0.39 is 12.0 Å². The Morgan fingerprint density at radius 3 is 2.38 bits per heavy atom. The lowest BCUT2D eigenvalue weighted by molar-refractivity contribution is -0.129. The van der Waals surface area contributed by atoms with Crippen LogP contribution in [0.4, 0.5) is 0 Å². The fourth-order valence-electron chi connectivity index (χ4n) is 0.404. The summed E-state index contributed by atoms with van der Waals surface area (Å²) in [6.45, 7) is 1.84. The summed E-state index contributed by atoms with van der Waals surface area (Å²) in [4.78, 5) is 10.00. The second-order valence-corrected chi connectivity index (χ2v) is 1.68. The lowest BCUT2D eigenvalue weighted by atomic mass is 10.2. The zero-order valence-corrected chi connectivity index (χ0v) is 4.89. The molecular formula is C5H10NO2. The monoisotopic (exact) mass is 116 g/mol. The van der Waals surface area contributed by atoms with Crippen LogP contribution in [0.1, 0.15) is 19.8 Å². The van der Waals surface area contributed by atoms with Crippen LogP contribution in [0.25, 0.3) is 0 Å². The quantitative estimate of drug-likeness (QED) is 0.557. The second-order valence-electron chi connectivity index (χ2n) is 1.68. The largest absolute Gasteiger partial charge is 0.367 e. The molecule has 1 amide bonds. The van der Waals surface area contributed by atoms with Crippen molar-refractivity contribution in [2.24, 2.45) is 5.73 Å². The van der Waals surface area contributed by atoms with Gasteiger partial charge in [-0.1, -0.05) is 13.3 Å². The van der Waals surface area contributed by atoms with Crippen LogP contribution in [0.2, 0.25) is 0 Å². The Kier molecular flexibility index (Phi) is 3.19. The van der Waals surface area contributed by atoms with Crippen LogP contribution in [0, 0.1) is 0 Å². The molecule has 0 aliphatic rings. The van der Waals surface area contributed by atoms with E-state index in [1.165, 1.54) is 0 Å². The van der Waals surface area contributed by atoms with Crippen molar-refractivity contribution in [2.45, 2.75) is 25.9 Å². The van der Waals surface area contributed by atoms with Gasteiger partial charge in [0.05, 0.1) is 0 Å². The van der Waals surface area contributed by atoms with Gasteiger partial charge in [-0.15, -0.1) is 0 Å². The van der Waals surface area contributed by atoms with Gasteiger partial charge in [0.15, 0.2) is 6.10 Å². The minimum Gasteiger partial charge on any atom is -0.367 e. The molecule has 0 fully saturated rings. The Hall–Kier alpha value is -0.570. The van der Waals surface area contributed by atoms with Crippen molar-refractivity contribution in [1.29, 1.82) is 0 Å². The van der Waals surface area contributed by atoms with E-state index >= 15 is 0 Å². The average Bonchev–Trinajstić information content (AvgIpc) is 1.67. The molecular weight excluding hydrogens is 106 g/mol. The van der Waals surface area contributed by atoms with Crippen molar-refractivity contribution in [3.05, 3.63) is 0 Å². The van der Waals surface area contributed by atoms with Gasteiger partial charge in [0.1, 0.15) is 0 Å². The third kappa shape index (κ3) is 2.58. The molecule has 8 heavy (non-hydrogen) atoms. The summed E-state index contributed by atoms with van der Waals surface area (Å²) in [5.74, 6) is -0.744. The normalized spacial score (nSPS) is 13.2. The van der Waals surface area contributed by atoms with E-state index in [4.69, 9.17) is 0 Å². The topological polar surface area (TPSA) is 63.0 Å². The maximum Gasteiger partial charge on any atom is 0.249 e. The SMILES string of the molecule is CCCC([O])C(N)=O. The number of nitrogens with two attached hydrogens (primary N) is 1. The van der Waals surface area contributed by atoms with Gasteiger partial charge in [-0.3, -0.25) is 4.79 Å². The molecule has 0 saturated heterocycles. The summed E-state index contributed by atoms with van der Waals surface area (Å²) in [5.41, 5.74) is 4.67. The van der Waals surface area contributed by atoms with E-state index in [2.05, 4.69) is 5.73 Å². The predicted octanol–water partition coefficient (Wildman–Crippen LogP) is 0.0709. The van der Waals surface area contributed by atoms with Crippen LogP contribution in [-0.4, -0.2) is 12.0 Å². The maximum absolute atomic E-state index is 10.4. The number of amides is 1. The van der Waals surface area contributed by atoms with E-state index in [1.807, 2.05) is 6.92 Å². The molecule has 0 spiro atoms. The minimum atomic E-state index is -1.19. The summed E-state index contributed by atoms with van der Waals surface area (Å²) in [6.07, 6.45) is -0.119. The maximum atomic E-state index is 10.4. The van der Waals surface area contributed by atoms with Gasteiger partial charge in [0.2, 0.25) is 5.91 Å². The number of primary amides is 1. The summed E-state index contributed by atoms with van der Waals surface area (Å²) >= 11 is 0. The van der Waals surface area contributed by atoms with Gasteiger partial charge in [0.25, 0.3) is 0 Å². The molecule has 0 rings (SSSR count). The fraction of sp³-hybridized carbons (Fsp3) is 0.800. The molecule has 0 aromatic rings. The molecule has 0 aliphatic heterocycles. The molecule has 0 saturated carbocycles. The number of carbonyl (C=O) groups is 1. The molecule has 0 aromatic heterocycles. The Labute approximate surface area is 48.5 Å². The zero-order valence-electron chi connectivity index (χ0n) is 4.89. The minimum absolute atomic E-state index is 0.356. The van der Waals surface area contributed by atoms with Crippen LogP contribution in [-0.2, 0) is 9.90 Å². The zero-order chi connectivity index (χ0) is 6.57. The van der Waals surface area contributed by atoms with Crippen LogP contribution in [0.15, 0.2) is 0 Å². The van der Waals surface area contributed by atoms with Gasteiger partial charge in [-0.05, 0) is 6.42 Å². The van der Waals surface area contributed by atoms with Crippen molar-refractivity contribution in [1.82, 2.24) is 0 Å². The molecule has 0 heterocycles. The van der Waals surface area contributed by atoms with E-state index in [0.29, 0.717) is 6.42 Å². The van der Waals surface area contributed by atoms with Gasteiger partial charge in [-0.25, -0.2) is 5.11 Å². The van der Waals surface area contributed by atoms with Gasteiger partial charge in [-0.2, -0.15) is 0 Å². The van der Waals surface area contributed by atoms with Gasteiger partial charge in [0, 0.05) is 0 Å². The second kappa shape index (κ2) is 3.43. The highest BCUT2D eigenvalue weighted by Crippen LogP contribution is 1.93. The predicted molar refractivity (Wildman–Crippen MR) is 28.6 cm³/mol. The van der Waals surface area contributed by atoms with Crippen molar-refractivity contribution in [2.75, 3.05) is 0 Å². The van der Waals surface area contributed by atoms with Crippen molar-refractivity contribution in [3.8, 4) is 0 Å². The van der Waals surface area contributed by atoms with Crippen LogP contribution >= 0.6 is 0 Å². The van der Waals surface area contributed by atoms with Crippen LogP contribution in [0.5, 0.6) is 0 Å². The van der Waals surface area contributed by atoms with Crippen molar-refractivity contribution < 1.29 is 9.90 Å². The summed E-state index contributed by atoms with van der Waals surface area (Å²) < 4.78 is 0. The smallest absolute Gasteiger partial charge is 0.249 e. The summed E-state index contributed by atoms with van der Waals surface area (Å²) in [5, 5.41) is 10.4. The molecule has 0 aliphatic carbocycles. The molecule has 0 aromatic carbocycles. The van der Waals surface area contributed by atoms with E-state index in [0.717, 1.165) is 6.42 Å². The number of hydrogen-bond acceptors (Lipinski definition) is 1. The summed E-state index contributed by atoms with van der Waals surface area (Å²) in [6, 6.07) is 0. The Bertz CT molecular complexity index is 82.5. The molecule has 47 valence electrons. The number of carbonyl (C=O) groups excluding carboxylic acids is 1. The first kappa shape index (κ1) is 7.43. The standard InChI is InChI=1S/C5H10NO2/c1-2-3-4(7)5(6)8/h4H,2-3H2,1H3,(H2,6,8). The Balaban J connectivity index is 3.32. The molecule has 3 heteroatoms. The van der Waals surface area contributed by atoms with Gasteiger partial charge < -0.3 is 5.73 Å². The Morgan fingerprint density at radius 2 is 2.25 bits per heavy atom. The van der Waals surface area contributed by atoms with Gasteiger partial charge >= 0.3 is 0 Å². The highest BCUT2D eigenvalue weighted by Gasteiger charge is 2.09. The number of hydrogen-bond donors (Lipinski definition) is 1. The molecule has 0 bridgehead atoms. The van der Waals surface area contributed by atoms with Crippen LogP contribution < -0.4 is 5.73 Å². The van der Waals surface area contributed by atoms with Crippen molar-refractivity contribution in [3.63, 3.8) is 0 Å². The van der Waals surface area contributed by atoms with E-state index in [-0.39, 0.29) is 0 Å². The fourth-order valence-corrected chi connectivity index (χ4v) is 0.404. The van der Waals surface area contributed by atoms with E-state index in [1.54, 1.807) is 0 Å². The first-order chi connectivity index (χ1) is 3.68. The first-order valence-corrected chi connectivity index (χ1v) is 2.63. The average molecular weight is 116 g/mol. The van der Waals surface area contributed by atoms with Crippen LogP contribution in [0.3, 0.4) is 0 Å². The molecule has 3 nitrogen and oxygen atoms in total. The Morgan fingerprint density at radius 1 is 1.75 bits per heavy atom. The molecule has 2 N–H and O–H groups in total. The highest BCUT2D eigenvalue weighted by atomic mass is 16.3. The molecule has 1 atom stereocenters. The molecule has 1 unspecified atom stereocenters. The lowest BCUT2D eigenvalue weighted by Crippen LogP contribution is -2.26. The lowest BCUT2D eigenvalue weighted by Gasteiger charge is -1.97. The summed E-state index contributed by atoms with van der Waals surface area (Å²) in [7, 11) is 0.